The fourth-order valence-corrected chi connectivity index (χ4v) is 3.21. The first-order valence-electron chi connectivity index (χ1n) is 7.49. The molecular weight excluding hydrogens is 236 g/mol. The van der Waals surface area contributed by atoms with Gasteiger partial charge < -0.3 is 15.8 Å². The minimum atomic E-state index is 0.408. The third-order valence-corrected chi connectivity index (χ3v) is 4.47. The molecule has 1 unspecified atom stereocenters. The summed E-state index contributed by atoms with van der Waals surface area (Å²) >= 11 is 0. The molecule has 3 N–H and O–H groups in total. The van der Waals surface area contributed by atoms with Gasteiger partial charge in [0.05, 0.1) is 6.61 Å². The van der Waals surface area contributed by atoms with Crippen LogP contribution in [0.25, 0.3) is 0 Å². The van der Waals surface area contributed by atoms with Crippen molar-refractivity contribution in [3.05, 3.63) is 29.3 Å². The van der Waals surface area contributed by atoms with E-state index in [2.05, 4.69) is 30.4 Å². The zero-order valence-electron chi connectivity index (χ0n) is 11.7. The van der Waals surface area contributed by atoms with E-state index in [0.29, 0.717) is 18.1 Å². The molecule has 0 bridgehead atoms. The molecule has 0 radical (unpaired) electrons. The van der Waals surface area contributed by atoms with Crippen LogP contribution >= 0.6 is 0 Å². The van der Waals surface area contributed by atoms with Crippen molar-refractivity contribution in [2.24, 2.45) is 5.73 Å². The largest absolute Gasteiger partial charge is 0.493 e. The first-order valence-corrected chi connectivity index (χ1v) is 7.49. The molecule has 19 heavy (non-hydrogen) atoms. The van der Waals surface area contributed by atoms with E-state index < -0.39 is 0 Å². The van der Waals surface area contributed by atoms with E-state index in [1.165, 1.54) is 24.0 Å². The second kappa shape index (κ2) is 5.51. The molecule has 0 saturated heterocycles. The lowest BCUT2D eigenvalue weighted by atomic mass is 9.91. The number of hydrogen-bond acceptors (Lipinski definition) is 3. The Kier molecular flexibility index (Phi) is 3.76. The Bertz CT molecular complexity index is 438. The van der Waals surface area contributed by atoms with Crippen LogP contribution in [-0.4, -0.2) is 18.7 Å². The lowest BCUT2D eigenvalue weighted by molar-refractivity contribution is 0.322. The highest BCUT2D eigenvalue weighted by atomic mass is 16.5. The normalized spacial score (nSPS) is 27.7. The van der Waals surface area contributed by atoms with Gasteiger partial charge in [-0.2, -0.15) is 0 Å². The Balaban J connectivity index is 1.62. The van der Waals surface area contributed by atoms with Crippen LogP contribution < -0.4 is 15.8 Å². The quantitative estimate of drug-likeness (QED) is 0.878. The van der Waals surface area contributed by atoms with Crippen molar-refractivity contribution in [1.29, 1.82) is 0 Å². The summed E-state index contributed by atoms with van der Waals surface area (Å²) in [6, 6.07) is 8.06. The average molecular weight is 260 g/mol. The average Bonchev–Trinajstić information content (AvgIpc) is 2.88. The topological polar surface area (TPSA) is 47.3 Å². The highest BCUT2D eigenvalue weighted by molar-refractivity contribution is 5.40. The molecule has 2 aliphatic rings. The first kappa shape index (κ1) is 12.9. The van der Waals surface area contributed by atoms with Gasteiger partial charge >= 0.3 is 0 Å². The van der Waals surface area contributed by atoms with Crippen LogP contribution in [0.3, 0.4) is 0 Å². The van der Waals surface area contributed by atoms with E-state index >= 15 is 0 Å². The Morgan fingerprint density at radius 2 is 2.05 bits per heavy atom. The van der Waals surface area contributed by atoms with E-state index in [-0.39, 0.29) is 0 Å². The standard InChI is InChI=1S/C16H24N2O/c1-11(18-15-5-3-14(17)4-6-15)12-2-7-16-13(10-12)8-9-19-16/h2,7,10-11,14-15,18H,3-6,8-9,17H2,1H3. The van der Waals surface area contributed by atoms with Crippen LogP contribution in [0.5, 0.6) is 5.75 Å². The number of rotatable bonds is 3. The molecule has 1 aromatic carbocycles. The van der Waals surface area contributed by atoms with Gasteiger partial charge in [-0.3, -0.25) is 0 Å². The number of ether oxygens (including phenoxy) is 1. The predicted molar refractivity (Wildman–Crippen MR) is 77.4 cm³/mol. The molecule has 0 amide bonds. The van der Waals surface area contributed by atoms with Crippen molar-refractivity contribution < 1.29 is 4.74 Å². The van der Waals surface area contributed by atoms with Gasteiger partial charge in [0.25, 0.3) is 0 Å². The summed E-state index contributed by atoms with van der Waals surface area (Å²) in [5.41, 5.74) is 8.69. The van der Waals surface area contributed by atoms with Gasteiger partial charge in [0.2, 0.25) is 0 Å². The summed E-state index contributed by atoms with van der Waals surface area (Å²) < 4.78 is 5.56. The molecule has 104 valence electrons. The molecule has 1 heterocycles. The maximum Gasteiger partial charge on any atom is 0.122 e. The van der Waals surface area contributed by atoms with Gasteiger partial charge in [-0.15, -0.1) is 0 Å². The van der Waals surface area contributed by atoms with Gasteiger partial charge in [-0.05, 0) is 49.8 Å². The summed E-state index contributed by atoms with van der Waals surface area (Å²) in [4.78, 5) is 0. The van der Waals surface area contributed by atoms with Crippen LogP contribution in [0.4, 0.5) is 0 Å². The first-order chi connectivity index (χ1) is 9.22. The third-order valence-electron chi connectivity index (χ3n) is 4.47. The molecule has 0 spiro atoms. The zero-order valence-corrected chi connectivity index (χ0v) is 11.7. The summed E-state index contributed by atoms with van der Waals surface area (Å²) in [7, 11) is 0. The summed E-state index contributed by atoms with van der Waals surface area (Å²) in [6.45, 7) is 3.09. The Morgan fingerprint density at radius 3 is 2.84 bits per heavy atom. The molecule has 3 rings (SSSR count). The maximum absolute atomic E-state index is 5.96. The fourth-order valence-electron chi connectivity index (χ4n) is 3.21. The smallest absolute Gasteiger partial charge is 0.122 e. The van der Waals surface area contributed by atoms with Crippen LogP contribution in [-0.2, 0) is 6.42 Å². The van der Waals surface area contributed by atoms with Gasteiger partial charge in [0.1, 0.15) is 5.75 Å². The maximum atomic E-state index is 5.96. The molecule has 3 heteroatoms. The Labute approximate surface area is 115 Å². The van der Waals surface area contributed by atoms with E-state index in [1.54, 1.807) is 0 Å². The van der Waals surface area contributed by atoms with Crippen molar-refractivity contribution in [1.82, 2.24) is 5.32 Å². The van der Waals surface area contributed by atoms with Gasteiger partial charge in [0, 0.05) is 24.5 Å². The number of benzene rings is 1. The second-order valence-electron chi connectivity index (χ2n) is 5.97. The zero-order chi connectivity index (χ0) is 13.2. The lowest BCUT2D eigenvalue weighted by Gasteiger charge is -2.29. The molecule has 1 saturated carbocycles. The summed E-state index contributed by atoms with van der Waals surface area (Å²) in [5.74, 6) is 1.07. The van der Waals surface area contributed by atoms with Crippen molar-refractivity contribution in [2.45, 2.75) is 57.2 Å². The van der Waals surface area contributed by atoms with Crippen molar-refractivity contribution in [3.8, 4) is 5.75 Å². The van der Waals surface area contributed by atoms with Gasteiger partial charge in [-0.1, -0.05) is 12.1 Å². The van der Waals surface area contributed by atoms with Crippen LogP contribution in [0.15, 0.2) is 18.2 Å². The fraction of sp³-hybridized carbons (Fsp3) is 0.625. The number of fused-ring (bicyclic) bond motifs is 1. The predicted octanol–water partition coefficient (Wildman–Crippen LogP) is 2.54. The van der Waals surface area contributed by atoms with Crippen molar-refractivity contribution in [2.75, 3.05) is 6.61 Å². The number of hydrogen-bond donors (Lipinski definition) is 2. The van der Waals surface area contributed by atoms with Crippen LogP contribution in [0.1, 0.15) is 49.8 Å². The minimum Gasteiger partial charge on any atom is -0.493 e. The SMILES string of the molecule is CC(NC1CCC(N)CC1)c1ccc2c(c1)CCO2. The lowest BCUT2D eigenvalue weighted by Crippen LogP contribution is -2.38. The molecular formula is C16H24N2O. The summed E-state index contributed by atoms with van der Waals surface area (Å²) in [5, 5.41) is 3.75. The number of nitrogens with two attached hydrogens (primary N) is 1. The third kappa shape index (κ3) is 2.93. The number of nitrogens with one attached hydrogen (secondary N) is 1. The van der Waals surface area contributed by atoms with E-state index in [4.69, 9.17) is 10.5 Å². The summed E-state index contributed by atoms with van der Waals surface area (Å²) in [6.07, 6.45) is 5.78. The van der Waals surface area contributed by atoms with Crippen LogP contribution in [0.2, 0.25) is 0 Å². The Morgan fingerprint density at radius 1 is 1.26 bits per heavy atom. The minimum absolute atomic E-state index is 0.408. The highest BCUT2D eigenvalue weighted by Crippen LogP contribution is 2.29. The Hall–Kier alpha value is -1.06. The molecule has 0 aromatic heterocycles. The van der Waals surface area contributed by atoms with E-state index in [0.717, 1.165) is 31.6 Å². The van der Waals surface area contributed by atoms with Crippen molar-refractivity contribution >= 4 is 0 Å². The molecule has 1 aliphatic heterocycles. The second-order valence-corrected chi connectivity index (χ2v) is 5.97. The van der Waals surface area contributed by atoms with Gasteiger partial charge in [-0.25, -0.2) is 0 Å². The molecule has 3 nitrogen and oxygen atoms in total. The highest BCUT2D eigenvalue weighted by Gasteiger charge is 2.21. The molecule has 1 aliphatic carbocycles. The van der Waals surface area contributed by atoms with E-state index in [1.807, 2.05) is 0 Å². The van der Waals surface area contributed by atoms with Gasteiger partial charge in [0.15, 0.2) is 0 Å². The molecule has 1 fully saturated rings. The molecule has 1 atom stereocenters. The monoisotopic (exact) mass is 260 g/mol. The molecule has 1 aromatic rings. The van der Waals surface area contributed by atoms with Crippen LogP contribution in [0, 0.1) is 0 Å². The van der Waals surface area contributed by atoms with E-state index in [9.17, 15) is 0 Å². The van der Waals surface area contributed by atoms with Crippen molar-refractivity contribution in [3.63, 3.8) is 0 Å².